The van der Waals surface area contributed by atoms with Crippen LogP contribution in [0, 0.1) is 0 Å². The average molecular weight is 232 g/mol. The quantitative estimate of drug-likeness (QED) is 0.803. The van der Waals surface area contributed by atoms with E-state index < -0.39 is 0 Å². The molecule has 0 aliphatic carbocycles. The summed E-state index contributed by atoms with van der Waals surface area (Å²) in [6.45, 7) is 3.12. The van der Waals surface area contributed by atoms with E-state index in [0.717, 1.165) is 12.2 Å². The Morgan fingerprint density at radius 1 is 1.31 bits per heavy atom. The lowest BCUT2D eigenvalue weighted by Gasteiger charge is -2.23. The Morgan fingerprint density at radius 2 is 2.19 bits per heavy atom. The summed E-state index contributed by atoms with van der Waals surface area (Å²) >= 11 is 1.81. The zero-order chi connectivity index (χ0) is 11.4. The molecule has 0 saturated carbocycles. The molecule has 16 heavy (non-hydrogen) atoms. The molecule has 2 nitrogen and oxygen atoms in total. The fourth-order valence-corrected chi connectivity index (χ4v) is 2.48. The van der Waals surface area contributed by atoms with Crippen LogP contribution in [0.1, 0.15) is 23.5 Å². The minimum atomic E-state index is 0.446. The zero-order valence-corrected chi connectivity index (χ0v) is 10.4. The Hall–Kier alpha value is -1.19. The molecule has 2 heterocycles. The maximum absolute atomic E-state index is 4.34. The fraction of sp³-hybridized carbons (Fsp3) is 0.308. The van der Waals surface area contributed by atoms with Crippen molar-refractivity contribution in [1.29, 1.82) is 0 Å². The van der Waals surface area contributed by atoms with Crippen molar-refractivity contribution in [3.05, 3.63) is 52.5 Å². The van der Waals surface area contributed by atoms with Gasteiger partial charge in [-0.15, -0.1) is 11.3 Å². The molecule has 2 rings (SSSR count). The van der Waals surface area contributed by atoms with E-state index >= 15 is 0 Å². The van der Waals surface area contributed by atoms with Crippen LogP contribution in [0.3, 0.4) is 0 Å². The van der Waals surface area contributed by atoms with Crippen LogP contribution < -0.4 is 0 Å². The van der Waals surface area contributed by atoms with E-state index in [0.29, 0.717) is 6.04 Å². The zero-order valence-electron chi connectivity index (χ0n) is 9.63. The second-order valence-electron chi connectivity index (χ2n) is 3.93. The van der Waals surface area contributed by atoms with Gasteiger partial charge in [0.05, 0.1) is 5.69 Å². The molecule has 0 radical (unpaired) electrons. The van der Waals surface area contributed by atoms with Gasteiger partial charge < -0.3 is 0 Å². The number of pyridine rings is 1. The summed E-state index contributed by atoms with van der Waals surface area (Å²) in [4.78, 5) is 8.06. The predicted molar refractivity (Wildman–Crippen MR) is 68.4 cm³/mol. The topological polar surface area (TPSA) is 16.1 Å². The third-order valence-corrected chi connectivity index (χ3v) is 3.80. The van der Waals surface area contributed by atoms with E-state index in [9.17, 15) is 0 Å². The first kappa shape index (κ1) is 11.3. The first-order chi connectivity index (χ1) is 7.77. The van der Waals surface area contributed by atoms with Gasteiger partial charge in [-0.1, -0.05) is 12.1 Å². The molecule has 84 valence electrons. The van der Waals surface area contributed by atoms with Gasteiger partial charge in [0.25, 0.3) is 0 Å². The van der Waals surface area contributed by atoms with Crippen LogP contribution in [-0.4, -0.2) is 16.9 Å². The highest BCUT2D eigenvalue weighted by Gasteiger charge is 2.12. The van der Waals surface area contributed by atoms with Gasteiger partial charge in [0, 0.05) is 23.7 Å². The van der Waals surface area contributed by atoms with E-state index in [-0.39, 0.29) is 0 Å². The van der Waals surface area contributed by atoms with Crippen molar-refractivity contribution in [3.8, 4) is 0 Å². The molecule has 0 amide bonds. The number of aromatic nitrogens is 1. The van der Waals surface area contributed by atoms with E-state index in [1.165, 1.54) is 4.88 Å². The van der Waals surface area contributed by atoms with Crippen molar-refractivity contribution in [2.24, 2.45) is 0 Å². The molecular weight excluding hydrogens is 216 g/mol. The molecule has 0 saturated heterocycles. The van der Waals surface area contributed by atoms with Gasteiger partial charge in [0.1, 0.15) is 0 Å². The third kappa shape index (κ3) is 2.68. The number of thiophene rings is 1. The third-order valence-electron chi connectivity index (χ3n) is 2.75. The Balaban J connectivity index is 2.01. The van der Waals surface area contributed by atoms with E-state index in [1.807, 2.05) is 29.7 Å². The maximum Gasteiger partial charge on any atom is 0.0544 e. The summed E-state index contributed by atoms with van der Waals surface area (Å²) in [7, 11) is 2.14. The fourth-order valence-electron chi connectivity index (χ4n) is 1.63. The molecule has 1 atom stereocenters. The summed E-state index contributed by atoms with van der Waals surface area (Å²) in [5.74, 6) is 0. The van der Waals surface area contributed by atoms with Crippen LogP contribution in [0.5, 0.6) is 0 Å². The van der Waals surface area contributed by atoms with Crippen LogP contribution >= 0.6 is 11.3 Å². The Labute approximate surface area is 101 Å². The summed E-state index contributed by atoms with van der Waals surface area (Å²) in [6, 6.07) is 10.8. The predicted octanol–water partition coefficient (Wildman–Crippen LogP) is 3.34. The molecule has 3 heteroatoms. The standard InChI is InChI=1S/C13H16N2S/c1-11(13-7-5-9-16-13)15(2)10-12-6-3-4-8-14-12/h3-9,11H,10H2,1-2H3. The van der Waals surface area contributed by atoms with Crippen molar-refractivity contribution in [1.82, 2.24) is 9.88 Å². The minimum Gasteiger partial charge on any atom is -0.293 e. The van der Waals surface area contributed by atoms with E-state index in [4.69, 9.17) is 0 Å². The Morgan fingerprint density at radius 3 is 2.81 bits per heavy atom. The molecule has 0 spiro atoms. The lowest BCUT2D eigenvalue weighted by molar-refractivity contribution is 0.253. The average Bonchev–Trinajstić information content (AvgIpc) is 2.83. The van der Waals surface area contributed by atoms with Crippen LogP contribution in [0.25, 0.3) is 0 Å². The first-order valence-electron chi connectivity index (χ1n) is 5.41. The Kier molecular flexibility index (Phi) is 3.70. The monoisotopic (exact) mass is 232 g/mol. The molecule has 0 bridgehead atoms. The summed E-state index contributed by atoms with van der Waals surface area (Å²) in [6.07, 6.45) is 1.85. The summed E-state index contributed by atoms with van der Waals surface area (Å²) in [5, 5.41) is 2.13. The smallest absolute Gasteiger partial charge is 0.0544 e. The Bertz CT molecular complexity index is 411. The lowest BCUT2D eigenvalue weighted by Crippen LogP contribution is -2.21. The van der Waals surface area contributed by atoms with E-state index in [2.05, 4.69) is 47.4 Å². The second kappa shape index (κ2) is 5.23. The number of nitrogens with zero attached hydrogens (tertiary/aromatic N) is 2. The van der Waals surface area contributed by atoms with Crippen molar-refractivity contribution >= 4 is 11.3 Å². The highest BCUT2D eigenvalue weighted by Crippen LogP contribution is 2.24. The maximum atomic E-state index is 4.34. The normalized spacial score (nSPS) is 12.9. The molecule has 2 aromatic heterocycles. The van der Waals surface area contributed by atoms with Gasteiger partial charge in [-0.3, -0.25) is 9.88 Å². The molecule has 0 aromatic carbocycles. The van der Waals surface area contributed by atoms with E-state index in [1.54, 1.807) is 0 Å². The lowest BCUT2D eigenvalue weighted by atomic mass is 10.2. The highest BCUT2D eigenvalue weighted by molar-refractivity contribution is 7.10. The van der Waals surface area contributed by atoms with Crippen molar-refractivity contribution in [3.63, 3.8) is 0 Å². The first-order valence-corrected chi connectivity index (χ1v) is 6.29. The van der Waals surface area contributed by atoms with Gasteiger partial charge in [0.2, 0.25) is 0 Å². The molecule has 1 unspecified atom stereocenters. The number of hydrogen-bond acceptors (Lipinski definition) is 3. The van der Waals surface area contributed by atoms with Gasteiger partial charge >= 0.3 is 0 Å². The minimum absolute atomic E-state index is 0.446. The number of rotatable bonds is 4. The van der Waals surface area contributed by atoms with Crippen molar-refractivity contribution < 1.29 is 0 Å². The van der Waals surface area contributed by atoms with Crippen LogP contribution in [0.2, 0.25) is 0 Å². The van der Waals surface area contributed by atoms with Crippen molar-refractivity contribution in [2.45, 2.75) is 19.5 Å². The number of hydrogen-bond donors (Lipinski definition) is 0. The van der Waals surface area contributed by atoms with Gasteiger partial charge in [0.15, 0.2) is 0 Å². The van der Waals surface area contributed by atoms with Gasteiger partial charge in [-0.2, -0.15) is 0 Å². The van der Waals surface area contributed by atoms with Crippen LogP contribution in [0.15, 0.2) is 41.9 Å². The molecule has 0 N–H and O–H groups in total. The van der Waals surface area contributed by atoms with Crippen LogP contribution in [0.4, 0.5) is 0 Å². The highest BCUT2D eigenvalue weighted by atomic mass is 32.1. The second-order valence-corrected chi connectivity index (χ2v) is 4.91. The molecule has 0 fully saturated rings. The van der Waals surface area contributed by atoms with Gasteiger partial charge in [-0.05, 0) is 37.6 Å². The molecule has 0 aliphatic rings. The van der Waals surface area contributed by atoms with Crippen molar-refractivity contribution in [2.75, 3.05) is 7.05 Å². The molecule has 2 aromatic rings. The molecule has 0 aliphatic heterocycles. The largest absolute Gasteiger partial charge is 0.293 e. The summed E-state index contributed by atoms with van der Waals surface area (Å²) in [5.41, 5.74) is 1.12. The summed E-state index contributed by atoms with van der Waals surface area (Å²) < 4.78 is 0. The SMILES string of the molecule is CC(c1cccs1)N(C)Cc1ccccn1. The van der Waals surface area contributed by atoms with Gasteiger partial charge in [-0.25, -0.2) is 0 Å². The van der Waals surface area contributed by atoms with Crippen LogP contribution in [-0.2, 0) is 6.54 Å². The molecular formula is C13H16N2S.